The van der Waals surface area contributed by atoms with Crippen molar-refractivity contribution in [3.8, 4) is 0 Å². The molecule has 0 radical (unpaired) electrons. The first kappa shape index (κ1) is 15.2. The maximum atomic E-state index is 6.60. The van der Waals surface area contributed by atoms with Gasteiger partial charge in [0.15, 0.2) is 0 Å². The second kappa shape index (κ2) is 6.03. The van der Waals surface area contributed by atoms with Gasteiger partial charge in [-0.3, -0.25) is 0 Å². The van der Waals surface area contributed by atoms with Crippen molar-refractivity contribution in [2.24, 2.45) is 17.1 Å². The average molecular weight is 300 g/mol. The third-order valence-electron chi connectivity index (χ3n) is 4.38. The number of rotatable bonds is 4. The second-order valence-corrected chi connectivity index (χ2v) is 7.13. The molecule has 0 spiro atoms. The van der Waals surface area contributed by atoms with Gasteiger partial charge in [0.25, 0.3) is 0 Å². The molecule has 0 aliphatic heterocycles. The van der Waals surface area contributed by atoms with Gasteiger partial charge in [0, 0.05) is 6.04 Å². The lowest BCUT2D eigenvalue weighted by Gasteiger charge is -2.37. The molecule has 1 atom stereocenters. The van der Waals surface area contributed by atoms with Crippen LogP contribution in [0.3, 0.4) is 0 Å². The fraction of sp³-hybridized carbons (Fsp3) is 0.625. The Morgan fingerprint density at radius 1 is 1.16 bits per heavy atom. The third kappa shape index (κ3) is 3.26. The summed E-state index contributed by atoms with van der Waals surface area (Å²) < 4.78 is 0. The van der Waals surface area contributed by atoms with Crippen molar-refractivity contribution in [1.82, 2.24) is 0 Å². The van der Waals surface area contributed by atoms with Gasteiger partial charge >= 0.3 is 0 Å². The first-order valence-electron chi connectivity index (χ1n) is 7.15. The molecule has 0 aromatic heterocycles. The number of halogens is 2. The van der Waals surface area contributed by atoms with Gasteiger partial charge in [-0.05, 0) is 48.3 Å². The van der Waals surface area contributed by atoms with Crippen molar-refractivity contribution < 1.29 is 0 Å². The maximum Gasteiger partial charge on any atom is 0.0595 e. The zero-order chi connectivity index (χ0) is 14.0. The summed E-state index contributed by atoms with van der Waals surface area (Å²) in [5.41, 5.74) is 7.96. The van der Waals surface area contributed by atoms with Crippen molar-refractivity contribution >= 4 is 23.2 Å². The Kier molecular flexibility index (Phi) is 4.81. The maximum absolute atomic E-state index is 6.60. The van der Waals surface area contributed by atoms with Gasteiger partial charge in [-0.1, -0.05) is 56.0 Å². The molecule has 1 aromatic carbocycles. The highest BCUT2D eigenvalue weighted by atomic mass is 35.5. The number of hydrogen-bond acceptors (Lipinski definition) is 1. The van der Waals surface area contributed by atoms with Crippen molar-refractivity contribution in [3.05, 3.63) is 33.8 Å². The fourth-order valence-electron chi connectivity index (χ4n) is 3.59. The zero-order valence-corrected chi connectivity index (χ0v) is 13.3. The molecule has 1 unspecified atom stereocenters. The first-order chi connectivity index (χ1) is 8.94. The van der Waals surface area contributed by atoms with E-state index in [0.29, 0.717) is 16.0 Å². The molecule has 1 aliphatic rings. The van der Waals surface area contributed by atoms with E-state index < -0.39 is 0 Å². The van der Waals surface area contributed by atoms with Gasteiger partial charge in [0.05, 0.1) is 10.0 Å². The Labute approximate surface area is 126 Å². The Bertz CT molecular complexity index is 436. The predicted octanol–water partition coefficient (Wildman–Crippen LogP) is 5.60. The van der Waals surface area contributed by atoms with E-state index in [1.807, 2.05) is 18.2 Å². The topological polar surface area (TPSA) is 26.0 Å². The molecule has 1 saturated carbocycles. The van der Waals surface area contributed by atoms with E-state index in [-0.39, 0.29) is 11.5 Å². The molecule has 1 aliphatic carbocycles. The standard InChI is InChI=1S/C16H23Cl2N/c1-11(2)10-16(7-3-4-8-16)15(19)12-5-6-13(17)14(18)9-12/h5-6,9,11,15H,3-4,7-8,10,19H2,1-2H3. The SMILES string of the molecule is CC(C)CC1(C(N)c2ccc(Cl)c(Cl)c2)CCCC1. The van der Waals surface area contributed by atoms with Crippen LogP contribution in [0.4, 0.5) is 0 Å². The zero-order valence-electron chi connectivity index (χ0n) is 11.8. The van der Waals surface area contributed by atoms with Crippen LogP contribution in [-0.2, 0) is 0 Å². The lowest BCUT2D eigenvalue weighted by Crippen LogP contribution is -2.33. The molecule has 2 N–H and O–H groups in total. The number of hydrogen-bond donors (Lipinski definition) is 1. The normalized spacial score (nSPS) is 19.9. The quantitative estimate of drug-likeness (QED) is 0.769. The van der Waals surface area contributed by atoms with Crippen molar-refractivity contribution in [3.63, 3.8) is 0 Å². The minimum absolute atomic E-state index is 0.0622. The molecule has 3 heteroatoms. The van der Waals surface area contributed by atoms with Crippen LogP contribution >= 0.6 is 23.2 Å². The second-order valence-electron chi connectivity index (χ2n) is 6.32. The molecule has 1 nitrogen and oxygen atoms in total. The van der Waals surface area contributed by atoms with Crippen LogP contribution in [0, 0.1) is 11.3 Å². The van der Waals surface area contributed by atoms with E-state index in [0.717, 1.165) is 5.56 Å². The predicted molar refractivity (Wildman–Crippen MR) is 83.7 cm³/mol. The lowest BCUT2D eigenvalue weighted by molar-refractivity contribution is 0.183. The molecule has 0 saturated heterocycles. The Balaban J connectivity index is 2.28. The molecule has 2 rings (SSSR count). The van der Waals surface area contributed by atoms with Gasteiger partial charge in [0.1, 0.15) is 0 Å². The van der Waals surface area contributed by atoms with Crippen LogP contribution < -0.4 is 5.73 Å². The largest absolute Gasteiger partial charge is 0.323 e. The fourth-order valence-corrected chi connectivity index (χ4v) is 3.90. The molecule has 0 bridgehead atoms. The molecule has 1 fully saturated rings. The van der Waals surface area contributed by atoms with Crippen LogP contribution in [0.5, 0.6) is 0 Å². The van der Waals surface area contributed by atoms with E-state index >= 15 is 0 Å². The van der Waals surface area contributed by atoms with E-state index in [2.05, 4.69) is 13.8 Å². The minimum Gasteiger partial charge on any atom is -0.323 e. The minimum atomic E-state index is 0.0622. The monoisotopic (exact) mass is 299 g/mol. The van der Waals surface area contributed by atoms with Crippen LogP contribution in [0.15, 0.2) is 18.2 Å². The van der Waals surface area contributed by atoms with E-state index in [1.165, 1.54) is 32.1 Å². The summed E-state index contributed by atoms with van der Waals surface area (Å²) in [5.74, 6) is 0.673. The molecular weight excluding hydrogens is 277 g/mol. The molecular formula is C16H23Cl2N. The summed E-state index contributed by atoms with van der Waals surface area (Å²) in [6.07, 6.45) is 6.23. The smallest absolute Gasteiger partial charge is 0.0595 e. The Morgan fingerprint density at radius 2 is 1.79 bits per heavy atom. The van der Waals surface area contributed by atoms with Crippen LogP contribution in [0.25, 0.3) is 0 Å². The molecule has 0 amide bonds. The van der Waals surface area contributed by atoms with Gasteiger partial charge in [0.2, 0.25) is 0 Å². The molecule has 0 heterocycles. The van der Waals surface area contributed by atoms with Gasteiger partial charge in [-0.2, -0.15) is 0 Å². The highest BCUT2D eigenvalue weighted by Gasteiger charge is 2.40. The van der Waals surface area contributed by atoms with Gasteiger partial charge in [-0.25, -0.2) is 0 Å². The van der Waals surface area contributed by atoms with E-state index in [9.17, 15) is 0 Å². The highest BCUT2D eigenvalue weighted by Crippen LogP contribution is 2.50. The summed E-state index contributed by atoms with van der Waals surface area (Å²) in [5, 5.41) is 1.20. The first-order valence-corrected chi connectivity index (χ1v) is 7.91. The summed E-state index contributed by atoms with van der Waals surface area (Å²) in [7, 11) is 0. The number of benzene rings is 1. The van der Waals surface area contributed by atoms with E-state index in [4.69, 9.17) is 28.9 Å². The molecule has 19 heavy (non-hydrogen) atoms. The molecule has 1 aromatic rings. The van der Waals surface area contributed by atoms with E-state index in [1.54, 1.807) is 0 Å². The van der Waals surface area contributed by atoms with Crippen molar-refractivity contribution in [2.45, 2.75) is 52.0 Å². The molecule has 106 valence electrons. The highest BCUT2D eigenvalue weighted by molar-refractivity contribution is 6.42. The van der Waals surface area contributed by atoms with Gasteiger partial charge in [-0.15, -0.1) is 0 Å². The van der Waals surface area contributed by atoms with Gasteiger partial charge < -0.3 is 5.73 Å². The summed E-state index contributed by atoms with van der Waals surface area (Å²) >= 11 is 12.1. The number of nitrogens with two attached hydrogens (primary N) is 1. The average Bonchev–Trinajstić information content (AvgIpc) is 2.80. The van der Waals surface area contributed by atoms with Crippen molar-refractivity contribution in [2.75, 3.05) is 0 Å². The summed E-state index contributed by atoms with van der Waals surface area (Å²) in [4.78, 5) is 0. The third-order valence-corrected chi connectivity index (χ3v) is 5.12. The Hall–Kier alpha value is -0.240. The Morgan fingerprint density at radius 3 is 2.32 bits per heavy atom. The lowest BCUT2D eigenvalue weighted by atomic mass is 9.71. The summed E-state index contributed by atoms with van der Waals surface area (Å²) in [6.45, 7) is 4.56. The van der Waals surface area contributed by atoms with Crippen LogP contribution in [0.2, 0.25) is 10.0 Å². The van der Waals surface area contributed by atoms with Crippen LogP contribution in [0.1, 0.15) is 57.6 Å². The summed E-state index contributed by atoms with van der Waals surface area (Å²) in [6, 6.07) is 5.89. The van der Waals surface area contributed by atoms with Crippen molar-refractivity contribution in [1.29, 1.82) is 0 Å². The van der Waals surface area contributed by atoms with Crippen LogP contribution in [-0.4, -0.2) is 0 Å².